The molecular weight excluding hydrogens is 290 g/mol. The fourth-order valence-electron chi connectivity index (χ4n) is 2.43. The average Bonchev–Trinajstić information content (AvgIpc) is 3.11. The largest absolute Gasteiger partial charge is 0.336 e. The highest BCUT2D eigenvalue weighted by atomic mass is 35.5. The van der Waals surface area contributed by atoms with Crippen molar-refractivity contribution in [1.82, 2.24) is 10.2 Å². The van der Waals surface area contributed by atoms with E-state index >= 15 is 0 Å². The van der Waals surface area contributed by atoms with Crippen LogP contribution < -0.4 is 5.32 Å². The number of hydrogen-bond donors (Lipinski definition) is 1. The topological polar surface area (TPSA) is 32.3 Å². The number of carbonyl (C=O) groups is 1. The smallest absolute Gasteiger partial charge is 0.254 e. The number of halogens is 3. The van der Waals surface area contributed by atoms with Crippen molar-refractivity contribution in [3.05, 3.63) is 34.6 Å². The number of piperazine rings is 1. The molecule has 0 radical (unpaired) electrons. The van der Waals surface area contributed by atoms with E-state index in [0.717, 1.165) is 25.9 Å². The minimum Gasteiger partial charge on any atom is -0.336 e. The van der Waals surface area contributed by atoms with E-state index in [1.54, 1.807) is 11.0 Å². The lowest BCUT2D eigenvalue weighted by molar-refractivity contribution is 0.0691. The zero-order valence-electron chi connectivity index (χ0n) is 10.3. The molecule has 1 aliphatic heterocycles. The second-order valence-corrected chi connectivity index (χ2v) is 5.47. The van der Waals surface area contributed by atoms with E-state index in [1.165, 1.54) is 12.1 Å². The zero-order chi connectivity index (χ0) is 12.8. The van der Waals surface area contributed by atoms with Crippen LogP contribution in [0.15, 0.2) is 18.2 Å². The van der Waals surface area contributed by atoms with E-state index < -0.39 is 5.82 Å². The Morgan fingerprint density at radius 3 is 2.79 bits per heavy atom. The summed E-state index contributed by atoms with van der Waals surface area (Å²) in [5.74, 6) is -0.655. The number of benzene rings is 1. The van der Waals surface area contributed by atoms with Crippen LogP contribution in [0, 0.1) is 5.82 Å². The number of nitrogens with zero attached hydrogens (tertiary/aromatic N) is 1. The summed E-state index contributed by atoms with van der Waals surface area (Å²) < 4.78 is 13.4. The lowest BCUT2D eigenvalue weighted by Crippen LogP contribution is -2.54. The minimum absolute atomic E-state index is 0. The molecule has 1 aromatic carbocycles. The Balaban J connectivity index is 0.00000133. The number of nitrogens with one attached hydrogen (secondary N) is 1. The quantitative estimate of drug-likeness (QED) is 0.864. The molecule has 19 heavy (non-hydrogen) atoms. The highest BCUT2D eigenvalue weighted by molar-refractivity contribution is 6.30. The van der Waals surface area contributed by atoms with Gasteiger partial charge in [-0.15, -0.1) is 12.4 Å². The van der Waals surface area contributed by atoms with Gasteiger partial charge in [0.15, 0.2) is 0 Å². The van der Waals surface area contributed by atoms with Gasteiger partial charge < -0.3 is 10.2 Å². The summed E-state index contributed by atoms with van der Waals surface area (Å²) in [5.41, 5.74) is 0.508. The predicted molar refractivity (Wildman–Crippen MR) is 74.5 cm³/mol. The van der Waals surface area contributed by atoms with Gasteiger partial charge in [-0.3, -0.25) is 4.79 Å². The van der Waals surface area contributed by atoms with Crippen molar-refractivity contribution in [3.8, 4) is 0 Å². The van der Waals surface area contributed by atoms with Gasteiger partial charge in [0, 0.05) is 30.7 Å². The van der Waals surface area contributed by atoms with Crippen molar-refractivity contribution >= 4 is 29.9 Å². The Kier molecular flexibility index (Phi) is 4.04. The van der Waals surface area contributed by atoms with Crippen LogP contribution in [0.25, 0.3) is 0 Å². The molecule has 0 aromatic heterocycles. The van der Waals surface area contributed by atoms with Crippen LogP contribution in [0.1, 0.15) is 23.2 Å². The highest BCUT2D eigenvalue weighted by Crippen LogP contribution is 2.37. The molecule has 2 fully saturated rings. The summed E-state index contributed by atoms with van der Waals surface area (Å²) in [5, 5.41) is 3.48. The average molecular weight is 305 g/mol. The third kappa shape index (κ3) is 2.86. The Morgan fingerprint density at radius 2 is 2.16 bits per heavy atom. The summed E-state index contributed by atoms with van der Waals surface area (Å²) in [6.45, 7) is 2.20. The van der Waals surface area contributed by atoms with Gasteiger partial charge in [0.25, 0.3) is 5.91 Å². The lowest BCUT2D eigenvalue weighted by Gasteiger charge is -2.34. The van der Waals surface area contributed by atoms with E-state index in [9.17, 15) is 9.18 Å². The molecule has 3 nitrogen and oxygen atoms in total. The molecule has 1 saturated heterocycles. The molecule has 0 atom stereocenters. The number of hydrogen-bond acceptors (Lipinski definition) is 2. The molecule has 1 aromatic rings. The predicted octanol–water partition coefficient (Wildman–Crippen LogP) is 2.48. The van der Waals surface area contributed by atoms with Crippen molar-refractivity contribution in [1.29, 1.82) is 0 Å². The molecule has 1 amide bonds. The second-order valence-electron chi connectivity index (χ2n) is 5.06. The summed E-state index contributed by atoms with van der Waals surface area (Å²) >= 11 is 5.62. The third-order valence-electron chi connectivity index (χ3n) is 3.68. The fourth-order valence-corrected chi connectivity index (χ4v) is 2.54. The van der Waals surface area contributed by atoms with Gasteiger partial charge in [-0.2, -0.15) is 0 Å². The van der Waals surface area contributed by atoms with E-state index in [2.05, 4.69) is 5.32 Å². The Labute approximate surface area is 122 Å². The maximum Gasteiger partial charge on any atom is 0.254 e. The molecule has 104 valence electrons. The molecule has 1 aliphatic carbocycles. The van der Waals surface area contributed by atoms with Gasteiger partial charge in [0.2, 0.25) is 0 Å². The van der Waals surface area contributed by atoms with Gasteiger partial charge in [-0.05, 0) is 31.0 Å². The van der Waals surface area contributed by atoms with Crippen molar-refractivity contribution in [2.45, 2.75) is 18.4 Å². The van der Waals surface area contributed by atoms with E-state index in [0.29, 0.717) is 12.1 Å². The molecule has 1 N–H and O–H groups in total. The van der Waals surface area contributed by atoms with Gasteiger partial charge in [-0.1, -0.05) is 11.6 Å². The van der Waals surface area contributed by atoms with E-state index in [1.807, 2.05) is 0 Å². The standard InChI is InChI=1S/C13H14ClFN2O.ClH/c14-10-2-1-9(7-11(10)15)12(18)17-6-5-16-13(8-17)3-4-13;/h1-2,7,16H,3-6,8H2;1H. The van der Waals surface area contributed by atoms with Crippen LogP contribution >= 0.6 is 24.0 Å². The zero-order valence-corrected chi connectivity index (χ0v) is 11.9. The van der Waals surface area contributed by atoms with Crippen LogP contribution in [0.2, 0.25) is 5.02 Å². The number of carbonyl (C=O) groups excluding carboxylic acids is 1. The van der Waals surface area contributed by atoms with Crippen molar-refractivity contribution in [2.24, 2.45) is 0 Å². The number of rotatable bonds is 1. The normalized spacial score (nSPS) is 20.0. The van der Waals surface area contributed by atoms with Gasteiger partial charge in [0.1, 0.15) is 5.82 Å². The summed E-state index contributed by atoms with van der Waals surface area (Å²) in [7, 11) is 0. The Bertz CT molecular complexity index is 505. The molecular formula is C13H15Cl2FN2O. The number of amides is 1. The molecule has 1 spiro atoms. The maximum atomic E-state index is 13.4. The summed E-state index contributed by atoms with van der Waals surface area (Å²) in [6.07, 6.45) is 2.23. The summed E-state index contributed by atoms with van der Waals surface area (Å²) in [4.78, 5) is 14.1. The van der Waals surface area contributed by atoms with Crippen molar-refractivity contribution < 1.29 is 9.18 Å². The maximum absolute atomic E-state index is 13.4. The van der Waals surface area contributed by atoms with Crippen LogP contribution in [-0.4, -0.2) is 36.0 Å². The Hall–Kier alpha value is -0.840. The first-order chi connectivity index (χ1) is 8.60. The monoisotopic (exact) mass is 304 g/mol. The summed E-state index contributed by atoms with van der Waals surface area (Å²) in [6, 6.07) is 4.22. The van der Waals surface area contributed by atoms with Crippen molar-refractivity contribution in [2.75, 3.05) is 19.6 Å². The first-order valence-corrected chi connectivity index (χ1v) is 6.47. The van der Waals surface area contributed by atoms with Crippen LogP contribution in [-0.2, 0) is 0 Å². The molecule has 6 heteroatoms. The molecule has 1 heterocycles. The second kappa shape index (κ2) is 5.27. The molecule has 2 aliphatic rings. The molecule has 3 rings (SSSR count). The SMILES string of the molecule is Cl.O=C(c1ccc(Cl)c(F)c1)N1CCNC2(CC2)C1. The first kappa shape index (κ1) is 14.6. The van der Waals surface area contributed by atoms with E-state index in [-0.39, 0.29) is 28.9 Å². The van der Waals surface area contributed by atoms with Crippen molar-refractivity contribution in [3.63, 3.8) is 0 Å². The Morgan fingerprint density at radius 1 is 1.42 bits per heavy atom. The van der Waals surface area contributed by atoms with E-state index in [4.69, 9.17) is 11.6 Å². The molecule has 0 bridgehead atoms. The minimum atomic E-state index is -0.543. The molecule has 1 saturated carbocycles. The first-order valence-electron chi connectivity index (χ1n) is 6.09. The van der Waals surface area contributed by atoms with Crippen LogP contribution in [0.3, 0.4) is 0 Å². The lowest BCUT2D eigenvalue weighted by atomic mass is 10.1. The molecule has 0 unspecified atom stereocenters. The van der Waals surface area contributed by atoms with Crippen LogP contribution in [0.4, 0.5) is 4.39 Å². The van der Waals surface area contributed by atoms with Gasteiger partial charge in [0.05, 0.1) is 5.02 Å². The third-order valence-corrected chi connectivity index (χ3v) is 3.99. The fraction of sp³-hybridized carbons (Fsp3) is 0.462. The highest BCUT2D eigenvalue weighted by Gasteiger charge is 2.46. The van der Waals surface area contributed by atoms with Gasteiger partial charge >= 0.3 is 0 Å². The van der Waals surface area contributed by atoms with Gasteiger partial charge in [-0.25, -0.2) is 4.39 Å². The van der Waals surface area contributed by atoms with Crippen LogP contribution in [0.5, 0.6) is 0 Å².